The quantitative estimate of drug-likeness (QED) is 0.590. The largest absolute Gasteiger partial charge is 0.481 e. The first kappa shape index (κ1) is 16.9. The molecule has 0 radical (unpaired) electrons. The van der Waals surface area contributed by atoms with E-state index in [4.69, 9.17) is 0 Å². The maximum atomic E-state index is 11.3. The number of hydrogen-bond donors (Lipinski definition) is 2. The van der Waals surface area contributed by atoms with Crippen molar-refractivity contribution in [3.63, 3.8) is 0 Å². The second-order valence-corrected chi connectivity index (χ2v) is 5.69. The lowest BCUT2D eigenvalue weighted by Gasteiger charge is -2.23. The molecule has 0 saturated heterocycles. The standard InChI is InChI=1S/C13H22N4O4/c1-6-13(4,12(18)19)7-14-11-10(17(20)21)9(8(2)3)15-16(11)5/h8,14H,6-7H2,1-5H3,(H,18,19). The van der Waals surface area contributed by atoms with Crippen molar-refractivity contribution in [3.05, 3.63) is 15.8 Å². The third kappa shape index (κ3) is 3.32. The van der Waals surface area contributed by atoms with E-state index in [-0.39, 0.29) is 24.0 Å². The third-order valence-corrected chi connectivity index (χ3v) is 3.72. The molecule has 0 spiro atoms. The lowest BCUT2D eigenvalue weighted by Crippen LogP contribution is -2.34. The summed E-state index contributed by atoms with van der Waals surface area (Å²) in [6.45, 7) is 7.12. The van der Waals surface area contributed by atoms with Crippen LogP contribution < -0.4 is 5.32 Å². The Kier molecular flexibility index (Phi) is 4.93. The van der Waals surface area contributed by atoms with Crippen LogP contribution in [-0.4, -0.2) is 32.3 Å². The fourth-order valence-electron chi connectivity index (χ4n) is 1.93. The summed E-state index contributed by atoms with van der Waals surface area (Å²) in [7, 11) is 1.60. The highest BCUT2D eigenvalue weighted by atomic mass is 16.6. The van der Waals surface area contributed by atoms with Gasteiger partial charge in [-0.25, -0.2) is 4.68 Å². The molecule has 1 unspecified atom stereocenters. The number of nitro groups is 1. The zero-order valence-corrected chi connectivity index (χ0v) is 13.0. The van der Waals surface area contributed by atoms with Crippen LogP contribution in [0.25, 0.3) is 0 Å². The molecule has 1 aromatic rings. The number of aryl methyl sites for hydroxylation is 1. The van der Waals surface area contributed by atoms with Gasteiger partial charge in [0.25, 0.3) is 0 Å². The number of carbonyl (C=O) groups is 1. The highest BCUT2D eigenvalue weighted by Crippen LogP contribution is 2.33. The highest BCUT2D eigenvalue weighted by Gasteiger charge is 2.34. The lowest BCUT2D eigenvalue weighted by molar-refractivity contribution is -0.384. The van der Waals surface area contributed by atoms with Crippen molar-refractivity contribution in [2.75, 3.05) is 11.9 Å². The normalized spacial score (nSPS) is 14.0. The second kappa shape index (κ2) is 6.11. The summed E-state index contributed by atoms with van der Waals surface area (Å²) in [6.07, 6.45) is 0.415. The van der Waals surface area contributed by atoms with Crippen LogP contribution in [0.4, 0.5) is 11.5 Å². The van der Waals surface area contributed by atoms with Gasteiger partial charge in [-0.15, -0.1) is 0 Å². The summed E-state index contributed by atoms with van der Waals surface area (Å²) in [6, 6.07) is 0. The Morgan fingerprint density at radius 3 is 2.52 bits per heavy atom. The van der Waals surface area contributed by atoms with Crippen molar-refractivity contribution in [1.29, 1.82) is 0 Å². The molecule has 21 heavy (non-hydrogen) atoms. The Labute approximate surface area is 123 Å². The fraction of sp³-hybridized carbons (Fsp3) is 0.692. The van der Waals surface area contributed by atoms with Gasteiger partial charge in [0, 0.05) is 19.5 Å². The number of carboxylic acids is 1. The molecule has 2 N–H and O–H groups in total. The zero-order chi connectivity index (χ0) is 16.4. The molecule has 118 valence electrons. The molecule has 0 fully saturated rings. The van der Waals surface area contributed by atoms with Gasteiger partial charge in [-0.3, -0.25) is 14.9 Å². The third-order valence-electron chi connectivity index (χ3n) is 3.72. The summed E-state index contributed by atoms with van der Waals surface area (Å²) in [5.41, 5.74) is -0.689. The van der Waals surface area contributed by atoms with Crippen molar-refractivity contribution in [3.8, 4) is 0 Å². The Morgan fingerprint density at radius 1 is 1.57 bits per heavy atom. The molecule has 0 aliphatic carbocycles. The molecule has 0 aliphatic heterocycles. The summed E-state index contributed by atoms with van der Waals surface area (Å²) in [5.74, 6) is -0.791. The minimum absolute atomic E-state index is 0.0867. The van der Waals surface area contributed by atoms with E-state index in [1.807, 2.05) is 13.8 Å². The SMILES string of the molecule is CCC(C)(CNc1c([N+](=O)[O-])c(C(C)C)nn1C)C(=O)O. The van der Waals surface area contributed by atoms with E-state index < -0.39 is 16.3 Å². The van der Waals surface area contributed by atoms with Crippen molar-refractivity contribution in [2.24, 2.45) is 12.5 Å². The predicted octanol–water partition coefficient (Wildman–Crippen LogP) is 2.36. The van der Waals surface area contributed by atoms with Gasteiger partial charge in [-0.05, 0) is 13.3 Å². The van der Waals surface area contributed by atoms with Crippen molar-refractivity contribution in [2.45, 2.75) is 40.0 Å². The number of rotatable bonds is 7. The van der Waals surface area contributed by atoms with Crippen LogP contribution in [0.2, 0.25) is 0 Å². The average Bonchev–Trinajstić information content (AvgIpc) is 2.73. The Balaban J connectivity index is 3.14. The molecular weight excluding hydrogens is 276 g/mol. The van der Waals surface area contributed by atoms with Gasteiger partial charge in [-0.1, -0.05) is 20.8 Å². The van der Waals surface area contributed by atoms with E-state index in [1.54, 1.807) is 20.9 Å². The van der Waals surface area contributed by atoms with Crippen LogP contribution in [-0.2, 0) is 11.8 Å². The molecule has 8 nitrogen and oxygen atoms in total. The van der Waals surface area contributed by atoms with Crippen molar-refractivity contribution < 1.29 is 14.8 Å². The van der Waals surface area contributed by atoms with E-state index in [2.05, 4.69) is 10.4 Å². The molecule has 0 amide bonds. The van der Waals surface area contributed by atoms with Gasteiger partial charge in [-0.2, -0.15) is 5.10 Å². The zero-order valence-electron chi connectivity index (χ0n) is 13.0. The minimum Gasteiger partial charge on any atom is -0.481 e. The van der Waals surface area contributed by atoms with Crippen molar-refractivity contribution in [1.82, 2.24) is 9.78 Å². The minimum atomic E-state index is -0.990. The molecule has 1 atom stereocenters. The molecular formula is C13H22N4O4. The lowest BCUT2D eigenvalue weighted by atomic mass is 9.88. The van der Waals surface area contributed by atoms with Crippen LogP contribution in [0.3, 0.4) is 0 Å². The molecule has 0 saturated carbocycles. The molecule has 1 heterocycles. The number of hydrogen-bond acceptors (Lipinski definition) is 5. The molecule has 0 aliphatic rings. The molecule has 1 rings (SSSR count). The first-order chi connectivity index (χ1) is 9.64. The number of carboxylic acid groups (broad SMARTS) is 1. The first-order valence-corrected chi connectivity index (χ1v) is 6.82. The second-order valence-electron chi connectivity index (χ2n) is 5.69. The Morgan fingerprint density at radius 2 is 2.14 bits per heavy atom. The van der Waals surface area contributed by atoms with E-state index in [0.29, 0.717) is 12.1 Å². The Hall–Kier alpha value is -2.12. The fourth-order valence-corrected chi connectivity index (χ4v) is 1.93. The smallest absolute Gasteiger partial charge is 0.334 e. The first-order valence-electron chi connectivity index (χ1n) is 6.82. The van der Waals surface area contributed by atoms with Crippen LogP contribution in [0, 0.1) is 15.5 Å². The van der Waals surface area contributed by atoms with E-state index in [9.17, 15) is 20.0 Å². The highest BCUT2D eigenvalue weighted by molar-refractivity contribution is 5.75. The predicted molar refractivity (Wildman–Crippen MR) is 78.5 cm³/mol. The topological polar surface area (TPSA) is 110 Å². The maximum Gasteiger partial charge on any atom is 0.334 e. The number of anilines is 1. The van der Waals surface area contributed by atoms with Crippen LogP contribution in [0.15, 0.2) is 0 Å². The number of aliphatic carboxylic acids is 1. The van der Waals surface area contributed by atoms with Gasteiger partial charge in [0.1, 0.15) is 5.69 Å². The van der Waals surface area contributed by atoms with Crippen LogP contribution in [0.1, 0.15) is 45.7 Å². The van der Waals surface area contributed by atoms with Crippen molar-refractivity contribution >= 4 is 17.5 Å². The van der Waals surface area contributed by atoms with Gasteiger partial charge < -0.3 is 10.4 Å². The number of nitrogens with one attached hydrogen (secondary N) is 1. The van der Waals surface area contributed by atoms with E-state index >= 15 is 0 Å². The van der Waals surface area contributed by atoms with Gasteiger partial charge in [0.2, 0.25) is 5.82 Å². The molecule has 0 aromatic carbocycles. The molecule has 1 aromatic heterocycles. The van der Waals surface area contributed by atoms with E-state index in [0.717, 1.165) is 0 Å². The van der Waals surface area contributed by atoms with Gasteiger partial charge >= 0.3 is 11.7 Å². The molecule has 8 heteroatoms. The molecule has 0 bridgehead atoms. The average molecular weight is 298 g/mol. The van der Waals surface area contributed by atoms with Crippen LogP contribution >= 0.6 is 0 Å². The summed E-state index contributed by atoms with van der Waals surface area (Å²) in [4.78, 5) is 22.1. The summed E-state index contributed by atoms with van der Waals surface area (Å²) < 4.78 is 1.39. The van der Waals surface area contributed by atoms with E-state index in [1.165, 1.54) is 4.68 Å². The maximum absolute atomic E-state index is 11.3. The number of nitrogens with zero attached hydrogens (tertiary/aromatic N) is 3. The summed E-state index contributed by atoms with van der Waals surface area (Å²) in [5, 5.41) is 27.6. The monoisotopic (exact) mass is 298 g/mol. The number of aromatic nitrogens is 2. The van der Waals surface area contributed by atoms with Gasteiger partial charge in [0.05, 0.1) is 10.3 Å². The summed E-state index contributed by atoms with van der Waals surface area (Å²) >= 11 is 0. The van der Waals surface area contributed by atoms with Gasteiger partial charge in [0.15, 0.2) is 0 Å². The van der Waals surface area contributed by atoms with Crippen LogP contribution in [0.5, 0.6) is 0 Å². The Bertz CT molecular complexity index is 553.